The third-order valence-corrected chi connectivity index (χ3v) is 5.68. The van der Waals surface area contributed by atoms with Crippen molar-refractivity contribution in [3.63, 3.8) is 0 Å². The molecule has 2 nitrogen and oxygen atoms in total. The fourth-order valence-corrected chi connectivity index (χ4v) is 4.36. The lowest BCUT2D eigenvalue weighted by atomic mass is 9.94. The molecule has 0 saturated heterocycles. The lowest BCUT2D eigenvalue weighted by Crippen LogP contribution is -1.95. The number of thiophene rings is 1. The summed E-state index contributed by atoms with van der Waals surface area (Å²) < 4.78 is 2.05. The highest BCUT2D eigenvalue weighted by atomic mass is 35.5. The van der Waals surface area contributed by atoms with Crippen molar-refractivity contribution in [3.8, 4) is 27.5 Å². The standard InChI is InChI=1S/C21H17ClN2S/c1-14-5-3-6-15(2)19(14)16-7-4-8-17(13-16)20-23-10-11-24(20)21-18(22)9-12-25-21/h3-13H,1-2H3. The molecule has 0 N–H and O–H groups in total. The molecule has 124 valence electrons. The number of benzene rings is 2. The fourth-order valence-electron chi connectivity index (χ4n) is 3.22. The van der Waals surface area contributed by atoms with E-state index < -0.39 is 0 Å². The van der Waals surface area contributed by atoms with E-state index in [1.165, 1.54) is 22.3 Å². The Hall–Kier alpha value is -2.36. The zero-order valence-electron chi connectivity index (χ0n) is 14.0. The van der Waals surface area contributed by atoms with Crippen LogP contribution in [0.3, 0.4) is 0 Å². The lowest BCUT2D eigenvalue weighted by molar-refractivity contribution is 1.10. The van der Waals surface area contributed by atoms with Crippen molar-refractivity contribution < 1.29 is 0 Å². The third-order valence-electron chi connectivity index (χ3n) is 4.35. The Bertz CT molecular complexity index is 1030. The van der Waals surface area contributed by atoms with Crippen molar-refractivity contribution in [1.29, 1.82) is 0 Å². The molecular weight excluding hydrogens is 348 g/mol. The molecule has 0 spiro atoms. The van der Waals surface area contributed by atoms with Gasteiger partial charge in [0.15, 0.2) is 0 Å². The number of nitrogens with zero attached hydrogens (tertiary/aromatic N) is 2. The molecule has 4 heteroatoms. The lowest BCUT2D eigenvalue weighted by Gasteiger charge is -2.12. The van der Waals surface area contributed by atoms with Crippen molar-refractivity contribution in [1.82, 2.24) is 9.55 Å². The number of rotatable bonds is 3. The van der Waals surface area contributed by atoms with Crippen LogP contribution < -0.4 is 0 Å². The van der Waals surface area contributed by atoms with E-state index >= 15 is 0 Å². The predicted octanol–water partition coefficient (Wildman–Crippen LogP) is 6.54. The molecule has 0 aliphatic carbocycles. The number of hydrogen-bond donors (Lipinski definition) is 0. The zero-order valence-corrected chi connectivity index (χ0v) is 15.6. The van der Waals surface area contributed by atoms with E-state index in [1.54, 1.807) is 11.3 Å². The van der Waals surface area contributed by atoms with Gasteiger partial charge in [-0.25, -0.2) is 4.98 Å². The van der Waals surface area contributed by atoms with Gasteiger partial charge in [0, 0.05) is 18.0 Å². The Kier molecular flexibility index (Phi) is 4.20. The van der Waals surface area contributed by atoms with Crippen LogP contribution in [-0.4, -0.2) is 9.55 Å². The third kappa shape index (κ3) is 2.90. The Labute approximate surface area is 156 Å². The van der Waals surface area contributed by atoms with Gasteiger partial charge in [0.1, 0.15) is 10.8 Å². The van der Waals surface area contributed by atoms with Gasteiger partial charge in [0.05, 0.1) is 5.02 Å². The highest BCUT2D eigenvalue weighted by Gasteiger charge is 2.13. The molecular formula is C21H17ClN2S. The van der Waals surface area contributed by atoms with Gasteiger partial charge in [-0.2, -0.15) is 0 Å². The number of aromatic nitrogens is 2. The molecule has 4 aromatic rings. The molecule has 0 aliphatic heterocycles. The molecule has 0 fully saturated rings. The first-order valence-corrected chi connectivity index (χ1v) is 9.34. The number of halogens is 1. The van der Waals surface area contributed by atoms with Crippen LogP contribution in [0.4, 0.5) is 0 Å². The molecule has 0 amide bonds. The van der Waals surface area contributed by atoms with Gasteiger partial charge < -0.3 is 0 Å². The second-order valence-corrected chi connectivity index (χ2v) is 7.34. The Morgan fingerprint density at radius 1 is 0.960 bits per heavy atom. The fraction of sp³-hybridized carbons (Fsp3) is 0.0952. The smallest absolute Gasteiger partial charge is 0.145 e. The first kappa shape index (κ1) is 16.1. The van der Waals surface area contributed by atoms with Crippen molar-refractivity contribution >= 4 is 22.9 Å². The maximum atomic E-state index is 6.32. The molecule has 2 aromatic heterocycles. The summed E-state index contributed by atoms with van der Waals surface area (Å²) in [5.74, 6) is 0.900. The van der Waals surface area contributed by atoms with Crippen molar-refractivity contribution in [2.45, 2.75) is 13.8 Å². The van der Waals surface area contributed by atoms with Gasteiger partial charge in [0.2, 0.25) is 0 Å². The average Bonchev–Trinajstić information content (AvgIpc) is 3.23. The van der Waals surface area contributed by atoms with Crippen molar-refractivity contribution in [2.24, 2.45) is 0 Å². The highest BCUT2D eigenvalue weighted by molar-refractivity contribution is 7.13. The maximum Gasteiger partial charge on any atom is 0.145 e. The molecule has 25 heavy (non-hydrogen) atoms. The molecule has 0 aliphatic rings. The summed E-state index contributed by atoms with van der Waals surface area (Å²) in [5.41, 5.74) is 6.13. The number of hydrogen-bond acceptors (Lipinski definition) is 2. The second-order valence-electron chi connectivity index (χ2n) is 6.04. The van der Waals surface area contributed by atoms with E-state index in [0.29, 0.717) is 0 Å². The van der Waals surface area contributed by atoms with Crippen molar-refractivity contribution in [2.75, 3.05) is 0 Å². The van der Waals surface area contributed by atoms with Gasteiger partial charge in [0.25, 0.3) is 0 Å². The summed E-state index contributed by atoms with van der Waals surface area (Å²) in [4.78, 5) is 4.57. The summed E-state index contributed by atoms with van der Waals surface area (Å²) in [7, 11) is 0. The summed E-state index contributed by atoms with van der Waals surface area (Å²) in [6.45, 7) is 4.31. The zero-order chi connectivity index (χ0) is 17.4. The SMILES string of the molecule is Cc1cccc(C)c1-c1cccc(-c2nccn2-c2sccc2Cl)c1. The summed E-state index contributed by atoms with van der Waals surface area (Å²) >= 11 is 7.93. The van der Waals surface area contributed by atoms with Gasteiger partial charge in [-0.05, 0) is 53.6 Å². The van der Waals surface area contributed by atoms with Gasteiger partial charge in [-0.3, -0.25) is 4.57 Å². The molecule has 2 aromatic carbocycles. The van der Waals surface area contributed by atoms with E-state index in [9.17, 15) is 0 Å². The molecule has 0 unspecified atom stereocenters. The van der Waals surface area contributed by atoms with Crippen LogP contribution in [0.2, 0.25) is 5.02 Å². The molecule has 0 radical (unpaired) electrons. The van der Waals surface area contributed by atoms with Crippen LogP contribution in [0, 0.1) is 13.8 Å². The monoisotopic (exact) mass is 364 g/mol. The topological polar surface area (TPSA) is 17.8 Å². The van der Waals surface area contributed by atoms with E-state index in [0.717, 1.165) is 21.4 Å². The molecule has 0 atom stereocenters. The molecule has 2 heterocycles. The predicted molar refractivity (Wildman–Crippen MR) is 107 cm³/mol. The first-order valence-electron chi connectivity index (χ1n) is 8.09. The largest absolute Gasteiger partial charge is 0.290 e. The Balaban J connectivity index is 1.85. The highest BCUT2D eigenvalue weighted by Crippen LogP contribution is 2.33. The van der Waals surface area contributed by atoms with Crippen LogP contribution in [0.15, 0.2) is 66.3 Å². The van der Waals surface area contributed by atoms with Crippen LogP contribution in [0.1, 0.15) is 11.1 Å². The first-order chi connectivity index (χ1) is 12.1. The second kappa shape index (κ2) is 6.51. The number of aryl methyl sites for hydroxylation is 2. The van der Waals surface area contributed by atoms with Crippen LogP contribution in [0.5, 0.6) is 0 Å². The summed E-state index contributed by atoms with van der Waals surface area (Å²) in [6.07, 6.45) is 3.77. The molecule has 0 bridgehead atoms. The van der Waals surface area contributed by atoms with E-state index in [4.69, 9.17) is 11.6 Å². The van der Waals surface area contributed by atoms with Gasteiger partial charge in [-0.1, -0.05) is 48.0 Å². The minimum atomic E-state index is 0.746. The van der Waals surface area contributed by atoms with Gasteiger partial charge >= 0.3 is 0 Å². The maximum absolute atomic E-state index is 6.32. The van der Waals surface area contributed by atoms with Crippen LogP contribution in [-0.2, 0) is 0 Å². The van der Waals surface area contributed by atoms with Crippen LogP contribution in [0.25, 0.3) is 27.5 Å². The summed E-state index contributed by atoms with van der Waals surface area (Å²) in [6, 6.07) is 16.9. The normalized spacial score (nSPS) is 11.0. The van der Waals surface area contributed by atoms with Crippen molar-refractivity contribution in [3.05, 3.63) is 82.5 Å². The quantitative estimate of drug-likeness (QED) is 0.403. The molecule has 4 rings (SSSR count). The van der Waals surface area contributed by atoms with Gasteiger partial charge in [-0.15, -0.1) is 11.3 Å². The van der Waals surface area contributed by atoms with E-state index in [2.05, 4.69) is 65.9 Å². The average molecular weight is 365 g/mol. The van der Waals surface area contributed by atoms with Crippen LogP contribution >= 0.6 is 22.9 Å². The van der Waals surface area contributed by atoms with E-state index in [1.807, 2.05) is 23.8 Å². The summed E-state index contributed by atoms with van der Waals surface area (Å²) in [5, 5.41) is 3.73. The molecule has 0 saturated carbocycles. The number of imidazole rings is 1. The minimum absolute atomic E-state index is 0.746. The Morgan fingerprint density at radius 2 is 1.68 bits per heavy atom. The Morgan fingerprint density at radius 3 is 2.40 bits per heavy atom. The van der Waals surface area contributed by atoms with E-state index in [-0.39, 0.29) is 0 Å². The minimum Gasteiger partial charge on any atom is -0.290 e.